The predicted molar refractivity (Wildman–Crippen MR) is 126 cm³/mol. The number of pyridine rings is 1. The Balaban J connectivity index is 1.43. The first kappa shape index (κ1) is 22.9. The fourth-order valence-electron chi connectivity index (χ4n) is 4.32. The van der Waals surface area contributed by atoms with Gasteiger partial charge in [-0.25, -0.2) is 19.3 Å². The second kappa shape index (κ2) is 9.03. The van der Waals surface area contributed by atoms with Crippen molar-refractivity contribution < 1.29 is 19.2 Å². The maximum atomic E-state index is 13.3. The first-order chi connectivity index (χ1) is 16.8. The van der Waals surface area contributed by atoms with Crippen LogP contribution in [0.3, 0.4) is 0 Å². The van der Waals surface area contributed by atoms with Gasteiger partial charge in [0.25, 0.3) is 0 Å². The third-order valence-corrected chi connectivity index (χ3v) is 5.85. The van der Waals surface area contributed by atoms with Crippen molar-refractivity contribution in [3.63, 3.8) is 0 Å². The summed E-state index contributed by atoms with van der Waals surface area (Å²) in [6, 6.07) is 14.2. The average Bonchev–Trinajstić information content (AvgIpc) is 3.39. The zero-order valence-electron chi connectivity index (χ0n) is 19.9. The van der Waals surface area contributed by atoms with E-state index in [1.807, 2.05) is 54.7 Å². The van der Waals surface area contributed by atoms with Crippen molar-refractivity contribution in [2.45, 2.75) is 45.1 Å². The SMILES string of the molecule is CC(C)(C)OC(=O)NC[C@@H]1c2nn(-c3ccccn3)cc2[C@H]2CN1C(=O)N2OCc1ccccc1. The summed E-state index contributed by atoms with van der Waals surface area (Å²) >= 11 is 0. The van der Waals surface area contributed by atoms with Crippen molar-refractivity contribution in [1.29, 1.82) is 0 Å². The van der Waals surface area contributed by atoms with Gasteiger partial charge in [-0.05, 0) is 38.5 Å². The number of nitrogens with one attached hydrogen (secondary N) is 1. The Morgan fingerprint density at radius 2 is 1.91 bits per heavy atom. The lowest BCUT2D eigenvalue weighted by Gasteiger charge is -2.30. The molecule has 0 saturated carbocycles. The number of hydrogen-bond acceptors (Lipinski definition) is 6. The fourth-order valence-corrected chi connectivity index (χ4v) is 4.32. The number of hydrogen-bond donors (Lipinski definition) is 1. The van der Waals surface area contributed by atoms with E-state index in [4.69, 9.17) is 14.7 Å². The Bertz CT molecular complexity index is 1210. The lowest BCUT2D eigenvalue weighted by atomic mass is 9.98. The Morgan fingerprint density at radius 3 is 2.63 bits per heavy atom. The molecule has 10 nitrogen and oxygen atoms in total. The van der Waals surface area contributed by atoms with E-state index >= 15 is 0 Å². The molecule has 10 heteroatoms. The van der Waals surface area contributed by atoms with Gasteiger partial charge < -0.3 is 15.0 Å². The van der Waals surface area contributed by atoms with Gasteiger partial charge in [0.2, 0.25) is 0 Å². The largest absolute Gasteiger partial charge is 0.444 e. The van der Waals surface area contributed by atoms with Crippen LogP contribution >= 0.6 is 0 Å². The summed E-state index contributed by atoms with van der Waals surface area (Å²) < 4.78 is 7.08. The van der Waals surface area contributed by atoms with Gasteiger partial charge in [0.1, 0.15) is 18.2 Å². The highest BCUT2D eigenvalue weighted by molar-refractivity contribution is 5.78. The number of urea groups is 1. The van der Waals surface area contributed by atoms with E-state index in [0.717, 1.165) is 11.1 Å². The van der Waals surface area contributed by atoms with Crippen LogP contribution in [0.4, 0.5) is 9.59 Å². The molecular formula is C25H28N6O4. The lowest BCUT2D eigenvalue weighted by molar-refractivity contribution is -0.141. The molecule has 1 saturated heterocycles. The number of rotatable bonds is 6. The van der Waals surface area contributed by atoms with E-state index in [9.17, 15) is 9.59 Å². The lowest BCUT2D eigenvalue weighted by Crippen LogP contribution is -2.42. The number of alkyl carbamates (subject to hydrolysis) is 1. The second-order valence-electron chi connectivity index (χ2n) is 9.54. The molecule has 35 heavy (non-hydrogen) atoms. The highest BCUT2D eigenvalue weighted by Crippen LogP contribution is 2.43. The summed E-state index contributed by atoms with van der Waals surface area (Å²) in [6.07, 6.45) is 3.04. The molecule has 3 amide bonds. The number of carbonyl (C=O) groups is 2. The van der Waals surface area contributed by atoms with E-state index in [0.29, 0.717) is 18.1 Å². The zero-order valence-corrected chi connectivity index (χ0v) is 19.9. The van der Waals surface area contributed by atoms with Crippen LogP contribution < -0.4 is 5.32 Å². The Hall–Kier alpha value is -3.92. The van der Waals surface area contributed by atoms with E-state index in [1.54, 1.807) is 36.5 Å². The number of amides is 3. The summed E-state index contributed by atoms with van der Waals surface area (Å²) in [5.74, 6) is 0.662. The van der Waals surface area contributed by atoms with Gasteiger partial charge in [-0.15, -0.1) is 0 Å². The van der Waals surface area contributed by atoms with E-state index in [-0.39, 0.29) is 25.2 Å². The molecular weight excluding hydrogens is 448 g/mol. The van der Waals surface area contributed by atoms with Gasteiger partial charge in [0.05, 0.1) is 18.3 Å². The average molecular weight is 477 g/mol. The normalized spacial score (nSPS) is 19.0. The Labute approximate surface area is 203 Å². The van der Waals surface area contributed by atoms with Crippen molar-refractivity contribution in [2.75, 3.05) is 13.1 Å². The number of nitrogens with zero attached hydrogens (tertiary/aromatic N) is 5. The van der Waals surface area contributed by atoms with Gasteiger partial charge in [-0.1, -0.05) is 36.4 Å². The standard InChI is InChI=1S/C25H28N6O4/c1-25(2,3)35-23(32)27-13-19-22-18(14-30(28-22)21-11-7-8-12-26-21)20-15-29(19)24(33)31(20)34-16-17-9-5-4-6-10-17/h4-12,14,19-20H,13,15-16H2,1-3H3,(H,27,32)/t19-,20-/m1/s1. The Morgan fingerprint density at radius 1 is 1.14 bits per heavy atom. The molecule has 2 aliphatic rings. The molecule has 1 aromatic carbocycles. The van der Waals surface area contributed by atoms with E-state index in [2.05, 4.69) is 10.3 Å². The summed E-state index contributed by atoms with van der Waals surface area (Å²) in [5.41, 5.74) is 1.90. The van der Waals surface area contributed by atoms with Crippen LogP contribution in [0.15, 0.2) is 60.9 Å². The fraction of sp³-hybridized carbons (Fsp3) is 0.360. The summed E-state index contributed by atoms with van der Waals surface area (Å²) in [7, 11) is 0. The molecule has 2 atom stereocenters. The number of aromatic nitrogens is 3. The van der Waals surface area contributed by atoms with Gasteiger partial charge in [0, 0.05) is 24.5 Å². The number of hydroxylamine groups is 2. The first-order valence-electron chi connectivity index (χ1n) is 11.5. The molecule has 4 heterocycles. The van der Waals surface area contributed by atoms with E-state index < -0.39 is 17.7 Å². The molecule has 2 bridgehead atoms. The highest BCUT2D eigenvalue weighted by atomic mass is 16.7. The number of fused-ring (bicyclic) bond motifs is 4. The van der Waals surface area contributed by atoms with Crippen LogP contribution in [0.5, 0.6) is 0 Å². The first-order valence-corrected chi connectivity index (χ1v) is 11.5. The number of benzene rings is 1. The van der Waals surface area contributed by atoms with Gasteiger partial charge in [-0.3, -0.25) is 4.84 Å². The van der Waals surface area contributed by atoms with Gasteiger partial charge >= 0.3 is 12.1 Å². The van der Waals surface area contributed by atoms with Gasteiger partial charge in [-0.2, -0.15) is 10.2 Å². The molecule has 1 fully saturated rings. The van der Waals surface area contributed by atoms with Crippen molar-refractivity contribution in [3.05, 3.63) is 77.7 Å². The maximum Gasteiger partial charge on any atom is 0.407 e. The van der Waals surface area contributed by atoms with Gasteiger partial charge in [0.15, 0.2) is 5.82 Å². The minimum absolute atomic E-state index is 0.159. The molecule has 2 aliphatic heterocycles. The molecule has 0 radical (unpaired) electrons. The third-order valence-electron chi connectivity index (χ3n) is 5.85. The summed E-state index contributed by atoms with van der Waals surface area (Å²) in [6.45, 7) is 6.26. The third kappa shape index (κ3) is 4.69. The molecule has 0 aliphatic carbocycles. The molecule has 182 valence electrons. The van der Waals surface area contributed by atoms with Crippen LogP contribution in [0, 0.1) is 0 Å². The predicted octanol–water partition coefficient (Wildman–Crippen LogP) is 3.76. The van der Waals surface area contributed by atoms with Crippen molar-refractivity contribution in [1.82, 2.24) is 30.0 Å². The smallest absolute Gasteiger partial charge is 0.407 e. The zero-order chi connectivity index (χ0) is 24.6. The molecule has 3 aromatic rings. The monoisotopic (exact) mass is 476 g/mol. The molecule has 0 spiro atoms. The van der Waals surface area contributed by atoms with E-state index in [1.165, 1.54) is 5.06 Å². The van der Waals surface area contributed by atoms with Crippen LogP contribution in [-0.4, -0.2) is 55.5 Å². The minimum Gasteiger partial charge on any atom is -0.444 e. The molecule has 0 unspecified atom stereocenters. The van der Waals surface area contributed by atoms with Crippen molar-refractivity contribution in [2.24, 2.45) is 0 Å². The molecule has 1 N–H and O–H groups in total. The topological polar surface area (TPSA) is 102 Å². The quantitative estimate of drug-likeness (QED) is 0.581. The molecule has 5 rings (SSSR count). The van der Waals surface area contributed by atoms with Crippen LogP contribution in [0.2, 0.25) is 0 Å². The minimum atomic E-state index is -0.626. The van der Waals surface area contributed by atoms with Crippen molar-refractivity contribution >= 4 is 12.1 Å². The van der Waals surface area contributed by atoms with Crippen LogP contribution in [0.25, 0.3) is 5.82 Å². The second-order valence-corrected chi connectivity index (χ2v) is 9.54. The summed E-state index contributed by atoms with van der Waals surface area (Å²) in [5, 5.41) is 8.98. The van der Waals surface area contributed by atoms with Crippen LogP contribution in [0.1, 0.15) is 49.7 Å². The van der Waals surface area contributed by atoms with Crippen LogP contribution in [-0.2, 0) is 16.2 Å². The number of ether oxygens (including phenoxy) is 1. The summed E-state index contributed by atoms with van der Waals surface area (Å²) in [4.78, 5) is 37.8. The maximum absolute atomic E-state index is 13.3. The highest BCUT2D eigenvalue weighted by Gasteiger charge is 2.50. The number of carbonyl (C=O) groups excluding carboxylic acids is 2. The molecule has 2 aromatic heterocycles. The Kier molecular flexibility index (Phi) is 5.89. The van der Waals surface area contributed by atoms with Crippen molar-refractivity contribution in [3.8, 4) is 5.82 Å².